The standard InChI is InChI=1S/C11H19N3/c1-8-4-10(9(2)13-8)5-12-11-6-14(3)7-11/h4,11-13H,5-7H2,1-3H3. The van der Waals surface area contributed by atoms with Crippen molar-refractivity contribution in [2.24, 2.45) is 0 Å². The van der Waals surface area contributed by atoms with Gasteiger partial charge in [-0.05, 0) is 32.5 Å². The quantitative estimate of drug-likeness (QED) is 0.751. The molecule has 78 valence electrons. The first-order valence-electron chi connectivity index (χ1n) is 5.22. The fourth-order valence-corrected chi connectivity index (χ4v) is 2.05. The Labute approximate surface area is 85.5 Å². The Morgan fingerprint density at radius 2 is 2.21 bits per heavy atom. The van der Waals surface area contributed by atoms with E-state index >= 15 is 0 Å². The fraction of sp³-hybridized carbons (Fsp3) is 0.636. The molecule has 1 aliphatic rings. The molecule has 2 heterocycles. The largest absolute Gasteiger partial charge is 0.362 e. The molecule has 2 rings (SSSR count). The van der Waals surface area contributed by atoms with Gasteiger partial charge in [-0.2, -0.15) is 0 Å². The van der Waals surface area contributed by atoms with Crippen molar-refractivity contribution in [1.29, 1.82) is 0 Å². The molecule has 0 amide bonds. The summed E-state index contributed by atoms with van der Waals surface area (Å²) < 4.78 is 0. The molecule has 1 saturated heterocycles. The lowest BCUT2D eigenvalue weighted by molar-refractivity contribution is 0.161. The lowest BCUT2D eigenvalue weighted by Gasteiger charge is -2.36. The second-order valence-corrected chi connectivity index (χ2v) is 4.40. The first-order valence-corrected chi connectivity index (χ1v) is 5.22. The molecule has 3 heteroatoms. The van der Waals surface area contributed by atoms with E-state index in [9.17, 15) is 0 Å². The molecule has 2 N–H and O–H groups in total. The van der Waals surface area contributed by atoms with Crippen LogP contribution in [0.2, 0.25) is 0 Å². The van der Waals surface area contributed by atoms with Gasteiger partial charge in [-0.3, -0.25) is 0 Å². The van der Waals surface area contributed by atoms with E-state index in [1.807, 2.05) is 0 Å². The van der Waals surface area contributed by atoms with Crippen molar-refractivity contribution in [1.82, 2.24) is 15.2 Å². The predicted molar refractivity (Wildman–Crippen MR) is 58.4 cm³/mol. The van der Waals surface area contributed by atoms with Gasteiger partial charge >= 0.3 is 0 Å². The van der Waals surface area contributed by atoms with E-state index in [1.165, 1.54) is 30.0 Å². The van der Waals surface area contributed by atoms with E-state index in [0.717, 1.165) is 6.54 Å². The van der Waals surface area contributed by atoms with Crippen LogP contribution in [0.5, 0.6) is 0 Å². The molecule has 0 aromatic carbocycles. The molecular formula is C11H19N3. The van der Waals surface area contributed by atoms with E-state index in [1.54, 1.807) is 0 Å². The Kier molecular flexibility index (Phi) is 2.61. The first kappa shape index (κ1) is 9.74. The van der Waals surface area contributed by atoms with Crippen LogP contribution in [0.15, 0.2) is 6.07 Å². The molecule has 3 nitrogen and oxygen atoms in total. The number of rotatable bonds is 3. The first-order chi connectivity index (χ1) is 6.65. The minimum absolute atomic E-state index is 0.689. The highest BCUT2D eigenvalue weighted by atomic mass is 15.2. The van der Waals surface area contributed by atoms with Gasteiger partial charge in [0, 0.05) is 37.1 Å². The third kappa shape index (κ3) is 1.99. The molecule has 1 aromatic rings. The Bertz CT molecular complexity index is 310. The third-order valence-electron chi connectivity index (χ3n) is 2.90. The Morgan fingerprint density at radius 1 is 1.50 bits per heavy atom. The number of likely N-dealkylation sites (tertiary alicyclic amines) is 1. The molecule has 1 aromatic heterocycles. The topological polar surface area (TPSA) is 31.1 Å². The highest BCUT2D eigenvalue weighted by Crippen LogP contribution is 2.10. The summed E-state index contributed by atoms with van der Waals surface area (Å²) in [7, 11) is 2.16. The predicted octanol–water partition coefficient (Wildman–Crippen LogP) is 1.04. The van der Waals surface area contributed by atoms with Gasteiger partial charge in [0.05, 0.1) is 0 Å². The van der Waals surface area contributed by atoms with Crippen molar-refractivity contribution in [3.05, 3.63) is 23.0 Å². The number of aromatic amines is 1. The summed E-state index contributed by atoms with van der Waals surface area (Å²) >= 11 is 0. The van der Waals surface area contributed by atoms with Crippen molar-refractivity contribution in [3.63, 3.8) is 0 Å². The van der Waals surface area contributed by atoms with Crippen molar-refractivity contribution >= 4 is 0 Å². The number of hydrogen-bond donors (Lipinski definition) is 2. The zero-order chi connectivity index (χ0) is 10.1. The number of likely N-dealkylation sites (N-methyl/N-ethyl adjacent to an activating group) is 1. The summed E-state index contributed by atoms with van der Waals surface area (Å²) in [5.74, 6) is 0. The molecule has 0 unspecified atom stereocenters. The number of nitrogens with zero attached hydrogens (tertiary/aromatic N) is 1. The summed E-state index contributed by atoms with van der Waals surface area (Å²) in [4.78, 5) is 5.65. The van der Waals surface area contributed by atoms with E-state index in [0.29, 0.717) is 6.04 Å². The summed E-state index contributed by atoms with van der Waals surface area (Å²) in [6.45, 7) is 7.60. The van der Waals surface area contributed by atoms with Crippen LogP contribution < -0.4 is 5.32 Å². The van der Waals surface area contributed by atoms with Crippen molar-refractivity contribution in [3.8, 4) is 0 Å². The maximum atomic E-state index is 3.56. The lowest BCUT2D eigenvalue weighted by atomic mass is 10.1. The molecule has 0 radical (unpaired) electrons. The van der Waals surface area contributed by atoms with Gasteiger partial charge in [0.25, 0.3) is 0 Å². The minimum Gasteiger partial charge on any atom is -0.362 e. The molecule has 0 saturated carbocycles. The normalized spacial score (nSPS) is 18.5. The van der Waals surface area contributed by atoms with Crippen LogP contribution in [0.4, 0.5) is 0 Å². The summed E-state index contributed by atoms with van der Waals surface area (Å²) in [6.07, 6.45) is 0. The van der Waals surface area contributed by atoms with Gasteiger partial charge in [-0.25, -0.2) is 0 Å². The van der Waals surface area contributed by atoms with E-state index < -0.39 is 0 Å². The summed E-state index contributed by atoms with van der Waals surface area (Å²) in [6, 6.07) is 2.92. The summed E-state index contributed by atoms with van der Waals surface area (Å²) in [5, 5.41) is 3.56. The van der Waals surface area contributed by atoms with E-state index in [-0.39, 0.29) is 0 Å². The number of aromatic nitrogens is 1. The number of H-pyrrole nitrogens is 1. The zero-order valence-corrected chi connectivity index (χ0v) is 9.22. The number of aryl methyl sites for hydroxylation is 2. The number of nitrogens with one attached hydrogen (secondary N) is 2. The zero-order valence-electron chi connectivity index (χ0n) is 9.22. The van der Waals surface area contributed by atoms with Gasteiger partial charge in [-0.15, -0.1) is 0 Å². The van der Waals surface area contributed by atoms with Crippen LogP contribution in [-0.4, -0.2) is 36.1 Å². The monoisotopic (exact) mass is 193 g/mol. The van der Waals surface area contributed by atoms with Gasteiger partial charge in [0.15, 0.2) is 0 Å². The molecule has 1 fully saturated rings. The summed E-state index contributed by atoms with van der Waals surface area (Å²) in [5.41, 5.74) is 3.95. The minimum atomic E-state index is 0.689. The van der Waals surface area contributed by atoms with Gasteiger partial charge < -0.3 is 15.2 Å². The molecule has 0 aliphatic carbocycles. The van der Waals surface area contributed by atoms with Crippen molar-refractivity contribution < 1.29 is 0 Å². The molecule has 0 atom stereocenters. The molecule has 0 spiro atoms. The maximum Gasteiger partial charge on any atom is 0.0325 e. The molecule has 1 aliphatic heterocycles. The smallest absolute Gasteiger partial charge is 0.0325 e. The second-order valence-electron chi connectivity index (χ2n) is 4.40. The van der Waals surface area contributed by atoms with Crippen LogP contribution in [0.3, 0.4) is 0 Å². The van der Waals surface area contributed by atoms with Crippen LogP contribution in [0, 0.1) is 13.8 Å². The fourth-order valence-electron chi connectivity index (χ4n) is 2.05. The lowest BCUT2D eigenvalue weighted by Crippen LogP contribution is -2.55. The van der Waals surface area contributed by atoms with Gasteiger partial charge in [-0.1, -0.05) is 0 Å². The average molecular weight is 193 g/mol. The van der Waals surface area contributed by atoms with Crippen LogP contribution in [-0.2, 0) is 6.54 Å². The van der Waals surface area contributed by atoms with Crippen molar-refractivity contribution in [2.45, 2.75) is 26.4 Å². The molecule has 14 heavy (non-hydrogen) atoms. The molecular weight excluding hydrogens is 174 g/mol. The Morgan fingerprint density at radius 3 is 2.71 bits per heavy atom. The third-order valence-corrected chi connectivity index (χ3v) is 2.90. The van der Waals surface area contributed by atoms with Crippen molar-refractivity contribution in [2.75, 3.05) is 20.1 Å². The second kappa shape index (κ2) is 3.75. The van der Waals surface area contributed by atoms with Gasteiger partial charge in [0.1, 0.15) is 0 Å². The average Bonchev–Trinajstić information content (AvgIpc) is 2.37. The van der Waals surface area contributed by atoms with Crippen LogP contribution in [0.25, 0.3) is 0 Å². The van der Waals surface area contributed by atoms with Crippen LogP contribution in [0.1, 0.15) is 17.0 Å². The van der Waals surface area contributed by atoms with Gasteiger partial charge in [0.2, 0.25) is 0 Å². The van der Waals surface area contributed by atoms with E-state index in [4.69, 9.17) is 0 Å². The number of hydrogen-bond acceptors (Lipinski definition) is 2. The SMILES string of the molecule is Cc1cc(CNC2CN(C)C2)c(C)[nH]1. The Hall–Kier alpha value is -0.800. The van der Waals surface area contributed by atoms with E-state index in [2.05, 4.69) is 42.2 Å². The maximum absolute atomic E-state index is 3.56. The Balaban J connectivity index is 1.83. The van der Waals surface area contributed by atoms with Crippen LogP contribution >= 0.6 is 0 Å². The highest BCUT2D eigenvalue weighted by Gasteiger charge is 2.22. The molecule has 0 bridgehead atoms. The highest BCUT2D eigenvalue weighted by molar-refractivity contribution is 5.24.